The highest BCUT2D eigenvalue weighted by molar-refractivity contribution is 5.68. The molecule has 1 unspecified atom stereocenters. The van der Waals surface area contributed by atoms with Crippen molar-refractivity contribution in [1.29, 1.82) is 0 Å². The van der Waals surface area contributed by atoms with Crippen molar-refractivity contribution in [2.45, 2.75) is 13.0 Å². The van der Waals surface area contributed by atoms with Crippen LogP contribution in [-0.4, -0.2) is 26.8 Å². The molecule has 1 rings (SSSR count). The number of benzene rings is 1. The van der Waals surface area contributed by atoms with E-state index in [9.17, 15) is 8.78 Å². The van der Waals surface area contributed by atoms with Gasteiger partial charge in [0.2, 0.25) is 0 Å². The summed E-state index contributed by atoms with van der Waals surface area (Å²) < 4.78 is 31.3. The average molecular weight is 230 g/mol. The van der Waals surface area contributed by atoms with Gasteiger partial charge in [-0.1, -0.05) is 0 Å². The minimum Gasteiger partial charge on any atom is -0.395 e. The van der Waals surface area contributed by atoms with Gasteiger partial charge >= 0.3 is 0 Å². The molecule has 1 aromatic rings. The molecule has 1 atom stereocenters. The fourth-order valence-corrected chi connectivity index (χ4v) is 1.45. The lowest BCUT2D eigenvalue weighted by Gasteiger charge is -2.27. The molecular formula is C11H16F2N2O. The molecule has 0 saturated carbocycles. The van der Waals surface area contributed by atoms with Crippen molar-refractivity contribution in [3.63, 3.8) is 0 Å². The van der Waals surface area contributed by atoms with Crippen molar-refractivity contribution >= 4 is 11.4 Å². The van der Waals surface area contributed by atoms with Gasteiger partial charge in [0.25, 0.3) is 0 Å². The topological polar surface area (TPSA) is 38.5 Å². The van der Waals surface area contributed by atoms with Crippen LogP contribution < -0.4 is 10.6 Å². The summed E-state index contributed by atoms with van der Waals surface area (Å²) in [4.78, 5) is 1.69. The normalized spacial score (nSPS) is 12.6. The smallest absolute Gasteiger partial charge is 0.151 e. The first-order valence-electron chi connectivity index (χ1n) is 4.93. The maximum absolute atomic E-state index is 13.2. The van der Waals surface area contributed by atoms with E-state index >= 15 is 0 Å². The van der Waals surface area contributed by atoms with E-state index in [1.165, 1.54) is 6.07 Å². The van der Waals surface area contributed by atoms with Crippen molar-refractivity contribution in [3.8, 4) is 0 Å². The monoisotopic (exact) mass is 230 g/mol. The summed E-state index contributed by atoms with van der Waals surface area (Å²) in [5, 5.41) is 0. The molecule has 0 bridgehead atoms. The molecule has 2 N–H and O–H groups in total. The molecule has 0 aliphatic rings. The Balaban J connectivity index is 3.03. The second kappa shape index (κ2) is 5.12. The quantitative estimate of drug-likeness (QED) is 0.804. The molecule has 0 amide bonds. The zero-order chi connectivity index (χ0) is 12.3. The predicted molar refractivity (Wildman–Crippen MR) is 60.5 cm³/mol. The standard InChI is InChI=1S/C11H16F2N2O/c1-7(6-16-3)15(2)10-5-8(12)4-9(13)11(10)14/h4-5,7H,6,14H2,1-3H3. The molecule has 0 spiro atoms. The molecule has 0 heterocycles. The molecule has 3 nitrogen and oxygen atoms in total. The summed E-state index contributed by atoms with van der Waals surface area (Å²) in [6.45, 7) is 2.33. The van der Waals surface area contributed by atoms with Crippen LogP contribution in [0, 0.1) is 11.6 Å². The first-order valence-corrected chi connectivity index (χ1v) is 4.93. The zero-order valence-electron chi connectivity index (χ0n) is 9.63. The van der Waals surface area contributed by atoms with Gasteiger partial charge in [0.15, 0.2) is 5.82 Å². The molecule has 0 aliphatic carbocycles. The molecular weight excluding hydrogens is 214 g/mol. The Morgan fingerprint density at radius 1 is 1.44 bits per heavy atom. The highest BCUT2D eigenvalue weighted by atomic mass is 19.1. The van der Waals surface area contributed by atoms with Gasteiger partial charge < -0.3 is 15.4 Å². The number of halogens is 2. The molecule has 5 heteroatoms. The SMILES string of the molecule is COCC(C)N(C)c1cc(F)cc(F)c1N. The zero-order valence-corrected chi connectivity index (χ0v) is 9.63. The third-order valence-corrected chi connectivity index (χ3v) is 2.52. The number of anilines is 2. The van der Waals surface area contributed by atoms with Crippen LogP contribution >= 0.6 is 0 Å². The first kappa shape index (κ1) is 12.7. The van der Waals surface area contributed by atoms with E-state index in [1.807, 2.05) is 6.92 Å². The highest BCUT2D eigenvalue weighted by Crippen LogP contribution is 2.27. The molecule has 0 fully saturated rings. The van der Waals surface area contributed by atoms with Gasteiger partial charge in [-0.15, -0.1) is 0 Å². The van der Waals surface area contributed by atoms with E-state index in [2.05, 4.69) is 0 Å². The summed E-state index contributed by atoms with van der Waals surface area (Å²) >= 11 is 0. The first-order chi connectivity index (χ1) is 7.47. The summed E-state index contributed by atoms with van der Waals surface area (Å²) in [6.07, 6.45) is 0. The van der Waals surface area contributed by atoms with Gasteiger partial charge in [0, 0.05) is 26.3 Å². The maximum atomic E-state index is 13.2. The van der Waals surface area contributed by atoms with Gasteiger partial charge in [0.05, 0.1) is 18.0 Å². The molecule has 0 saturated heterocycles. The lowest BCUT2D eigenvalue weighted by atomic mass is 10.2. The highest BCUT2D eigenvalue weighted by Gasteiger charge is 2.16. The van der Waals surface area contributed by atoms with Crippen LogP contribution in [0.4, 0.5) is 20.2 Å². The Bertz CT molecular complexity index is 371. The number of likely N-dealkylation sites (N-methyl/N-ethyl adjacent to an activating group) is 1. The van der Waals surface area contributed by atoms with Crippen LogP contribution in [0.15, 0.2) is 12.1 Å². The number of nitrogens with two attached hydrogens (primary N) is 1. The van der Waals surface area contributed by atoms with E-state index in [4.69, 9.17) is 10.5 Å². The van der Waals surface area contributed by atoms with E-state index in [1.54, 1.807) is 19.1 Å². The second-order valence-corrected chi connectivity index (χ2v) is 3.74. The largest absolute Gasteiger partial charge is 0.395 e. The summed E-state index contributed by atoms with van der Waals surface area (Å²) in [6, 6.07) is 1.96. The third kappa shape index (κ3) is 2.61. The number of ether oxygens (including phenoxy) is 1. The fraction of sp³-hybridized carbons (Fsp3) is 0.455. The molecule has 1 aromatic carbocycles. The number of hydrogen-bond acceptors (Lipinski definition) is 3. The number of rotatable bonds is 4. The van der Waals surface area contributed by atoms with Crippen LogP contribution in [0.3, 0.4) is 0 Å². The van der Waals surface area contributed by atoms with Crippen LogP contribution in [0.25, 0.3) is 0 Å². The van der Waals surface area contributed by atoms with Gasteiger partial charge in [-0.25, -0.2) is 8.78 Å². The lowest BCUT2D eigenvalue weighted by Crippen LogP contribution is -2.33. The Kier molecular flexibility index (Phi) is 4.06. The average Bonchev–Trinajstić information content (AvgIpc) is 2.22. The van der Waals surface area contributed by atoms with E-state index in [-0.39, 0.29) is 11.7 Å². The Morgan fingerprint density at radius 2 is 2.06 bits per heavy atom. The minimum atomic E-state index is -0.744. The fourth-order valence-electron chi connectivity index (χ4n) is 1.45. The van der Waals surface area contributed by atoms with Crippen LogP contribution in [0.5, 0.6) is 0 Å². The van der Waals surface area contributed by atoms with Crippen molar-refractivity contribution in [2.75, 3.05) is 31.4 Å². The van der Waals surface area contributed by atoms with Crippen molar-refractivity contribution in [1.82, 2.24) is 0 Å². The van der Waals surface area contributed by atoms with Crippen molar-refractivity contribution in [2.24, 2.45) is 0 Å². The lowest BCUT2D eigenvalue weighted by molar-refractivity contribution is 0.183. The summed E-state index contributed by atoms with van der Waals surface area (Å²) in [5.74, 6) is -1.38. The van der Waals surface area contributed by atoms with Crippen LogP contribution in [0.1, 0.15) is 6.92 Å². The molecule has 0 aliphatic heterocycles. The van der Waals surface area contributed by atoms with Gasteiger partial charge in [-0.2, -0.15) is 0 Å². The summed E-state index contributed by atoms with van der Waals surface area (Å²) in [5.41, 5.74) is 5.85. The molecule has 16 heavy (non-hydrogen) atoms. The Hall–Kier alpha value is -1.36. The Labute approximate surface area is 93.8 Å². The minimum absolute atomic E-state index is 0.0199. The van der Waals surface area contributed by atoms with Crippen LogP contribution in [0.2, 0.25) is 0 Å². The number of hydrogen-bond donors (Lipinski definition) is 1. The van der Waals surface area contributed by atoms with Gasteiger partial charge in [0.1, 0.15) is 5.82 Å². The Morgan fingerprint density at radius 3 is 2.62 bits per heavy atom. The van der Waals surface area contributed by atoms with Crippen molar-refractivity contribution in [3.05, 3.63) is 23.8 Å². The van der Waals surface area contributed by atoms with E-state index in [0.29, 0.717) is 12.3 Å². The number of methoxy groups -OCH3 is 1. The molecule has 90 valence electrons. The molecule has 0 radical (unpaired) electrons. The predicted octanol–water partition coefficient (Wildman–Crippen LogP) is 2.02. The maximum Gasteiger partial charge on any atom is 0.151 e. The van der Waals surface area contributed by atoms with E-state index < -0.39 is 11.6 Å². The van der Waals surface area contributed by atoms with Crippen molar-refractivity contribution < 1.29 is 13.5 Å². The van der Waals surface area contributed by atoms with Gasteiger partial charge in [-0.3, -0.25) is 0 Å². The second-order valence-electron chi connectivity index (χ2n) is 3.74. The number of nitrogens with zero attached hydrogens (tertiary/aromatic N) is 1. The van der Waals surface area contributed by atoms with Crippen LogP contribution in [-0.2, 0) is 4.74 Å². The summed E-state index contributed by atoms with van der Waals surface area (Å²) in [7, 11) is 3.29. The van der Waals surface area contributed by atoms with E-state index in [0.717, 1.165) is 6.07 Å². The van der Waals surface area contributed by atoms with Gasteiger partial charge in [-0.05, 0) is 13.0 Å². The molecule has 0 aromatic heterocycles. The number of nitrogen functional groups attached to an aromatic ring is 1. The third-order valence-electron chi connectivity index (χ3n) is 2.52.